The van der Waals surface area contributed by atoms with Crippen LogP contribution in [0.15, 0.2) is 0 Å². The third-order valence-electron chi connectivity index (χ3n) is 2.96. The van der Waals surface area contributed by atoms with Crippen molar-refractivity contribution in [1.29, 1.82) is 0 Å². The first-order chi connectivity index (χ1) is 4.99. The predicted molar refractivity (Wildman–Crippen MR) is 46.1 cm³/mol. The maximum Gasteiger partial charge on any atom is 0.0611 e. The minimum Gasteiger partial charge on any atom is -0.392 e. The fraction of sp³-hybridized carbons (Fsp3) is 1.00. The summed E-state index contributed by atoms with van der Waals surface area (Å²) in [6, 6.07) is 0. The van der Waals surface area contributed by atoms with Gasteiger partial charge >= 0.3 is 0 Å². The van der Waals surface area contributed by atoms with Crippen molar-refractivity contribution in [2.75, 3.05) is 6.54 Å². The van der Waals surface area contributed by atoms with Gasteiger partial charge in [-0.2, -0.15) is 0 Å². The number of aliphatic hydroxyl groups is 1. The van der Waals surface area contributed by atoms with E-state index in [4.69, 9.17) is 5.73 Å². The van der Waals surface area contributed by atoms with Gasteiger partial charge in [0.05, 0.1) is 6.10 Å². The van der Waals surface area contributed by atoms with Crippen molar-refractivity contribution in [3.05, 3.63) is 0 Å². The highest BCUT2D eigenvalue weighted by atomic mass is 16.3. The zero-order valence-corrected chi connectivity index (χ0v) is 7.67. The molecule has 3 atom stereocenters. The topological polar surface area (TPSA) is 46.2 Å². The molecule has 2 heteroatoms. The fourth-order valence-corrected chi connectivity index (χ4v) is 1.63. The van der Waals surface area contributed by atoms with Crippen LogP contribution < -0.4 is 5.73 Å². The normalized spacial score (nSPS) is 33.0. The molecule has 0 aromatic carbocycles. The van der Waals surface area contributed by atoms with Crippen molar-refractivity contribution in [2.45, 2.75) is 33.3 Å². The summed E-state index contributed by atoms with van der Waals surface area (Å²) in [4.78, 5) is 0. The molecule has 3 N–H and O–H groups in total. The van der Waals surface area contributed by atoms with Crippen LogP contribution >= 0.6 is 0 Å². The summed E-state index contributed by atoms with van der Waals surface area (Å²) in [6.07, 6.45) is 0.966. The average Bonchev–Trinajstić information content (AvgIpc) is 2.56. The van der Waals surface area contributed by atoms with Gasteiger partial charge in [0.1, 0.15) is 0 Å². The highest BCUT2D eigenvalue weighted by molar-refractivity contribution is 5.00. The van der Waals surface area contributed by atoms with Crippen molar-refractivity contribution >= 4 is 0 Å². The number of hydrogen-bond acceptors (Lipinski definition) is 2. The summed E-state index contributed by atoms with van der Waals surface area (Å²) in [5.74, 6) is 0.739. The first kappa shape index (κ1) is 9.01. The minimum absolute atomic E-state index is 0.185. The molecule has 66 valence electrons. The Morgan fingerprint density at radius 3 is 2.36 bits per heavy atom. The van der Waals surface area contributed by atoms with Crippen LogP contribution in [-0.2, 0) is 0 Å². The van der Waals surface area contributed by atoms with Gasteiger partial charge < -0.3 is 10.8 Å². The van der Waals surface area contributed by atoms with E-state index in [1.54, 1.807) is 0 Å². The van der Waals surface area contributed by atoms with Crippen molar-refractivity contribution in [3.63, 3.8) is 0 Å². The van der Waals surface area contributed by atoms with Gasteiger partial charge in [0.15, 0.2) is 0 Å². The molecule has 0 amide bonds. The van der Waals surface area contributed by atoms with Crippen molar-refractivity contribution in [3.8, 4) is 0 Å². The lowest BCUT2D eigenvalue weighted by Crippen LogP contribution is -2.28. The number of rotatable bonds is 3. The van der Waals surface area contributed by atoms with E-state index in [9.17, 15) is 5.11 Å². The Morgan fingerprint density at radius 2 is 2.09 bits per heavy atom. The van der Waals surface area contributed by atoms with Crippen LogP contribution in [0.5, 0.6) is 0 Å². The second-order valence-corrected chi connectivity index (χ2v) is 4.50. The Bertz CT molecular complexity index is 144. The van der Waals surface area contributed by atoms with E-state index in [-0.39, 0.29) is 12.0 Å². The molecule has 1 aliphatic carbocycles. The molecule has 11 heavy (non-hydrogen) atoms. The monoisotopic (exact) mass is 157 g/mol. The van der Waals surface area contributed by atoms with Gasteiger partial charge in [-0.25, -0.2) is 0 Å². The molecule has 0 radical (unpaired) electrons. The zero-order chi connectivity index (χ0) is 8.65. The maximum absolute atomic E-state index is 9.71. The van der Waals surface area contributed by atoms with E-state index in [1.807, 2.05) is 6.92 Å². The molecule has 1 rings (SSSR count). The summed E-state index contributed by atoms with van der Waals surface area (Å²) in [5, 5.41) is 9.71. The summed E-state index contributed by atoms with van der Waals surface area (Å²) >= 11 is 0. The Labute approximate surface area is 68.8 Å². The van der Waals surface area contributed by atoms with Gasteiger partial charge in [0.2, 0.25) is 0 Å². The highest BCUT2D eigenvalue weighted by Gasteiger charge is 2.50. The summed E-state index contributed by atoms with van der Waals surface area (Å²) in [7, 11) is 0. The average molecular weight is 157 g/mol. The lowest BCUT2D eigenvalue weighted by Gasteiger charge is -2.18. The van der Waals surface area contributed by atoms with Gasteiger partial charge in [-0.1, -0.05) is 20.8 Å². The van der Waals surface area contributed by atoms with Crippen molar-refractivity contribution in [1.82, 2.24) is 0 Å². The molecule has 1 saturated carbocycles. The Hall–Kier alpha value is -0.0800. The third-order valence-corrected chi connectivity index (χ3v) is 2.96. The Balaban J connectivity index is 2.39. The molecule has 0 aliphatic heterocycles. The molecule has 0 aromatic heterocycles. The third kappa shape index (κ3) is 1.74. The second-order valence-electron chi connectivity index (χ2n) is 4.50. The van der Waals surface area contributed by atoms with Crippen LogP contribution in [0.25, 0.3) is 0 Å². The largest absolute Gasteiger partial charge is 0.392 e. The highest BCUT2D eigenvalue weighted by Crippen LogP contribution is 2.54. The van der Waals surface area contributed by atoms with Crippen LogP contribution in [0.3, 0.4) is 0 Å². The summed E-state index contributed by atoms with van der Waals surface area (Å²) in [6.45, 7) is 7.00. The molecular formula is C9H19NO. The molecule has 3 unspecified atom stereocenters. The van der Waals surface area contributed by atoms with Crippen LogP contribution in [0.2, 0.25) is 0 Å². The smallest absolute Gasteiger partial charge is 0.0611 e. The van der Waals surface area contributed by atoms with Crippen LogP contribution in [-0.4, -0.2) is 17.8 Å². The van der Waals surface area contributed by atoms with Gasteiger partial charge in [0.25, 0.3) is 0 Å². The lowest BCUT2D eigenvalue weighted by atomic mass is 9.96. The van der Waals surface area contributed by atoms with E-state index < -0.39 is 0 Å². The van der Waals surface area contributed by atoms with E-state index in [2.05, 4.69) is 13.8 Å². The molecule has 2 nitrogen and oxygen atoms in total. The van der Waals surface area contributed by atoms with E-state index >= 15 is 0 Å². The maximum atomic E-state index is 9.71. The quantitative estimate of drug-likeness (QED) is 0.641. The number of nitrogens with two attached hydrogens (primary N) is 1. The van der Waals surface area contributed by atoms with Crippen molar-refractivity contribution in [2.24, 2.45) is 23.0 Å². The molecule has 0 saturated heterocycles. The number of hydrogen-bond donors (Lipinski definition) is 2. The lowest BCUT2D eigenvalue weighted by molar-refractivity contribution is 0.0864. The van der Waals surface area contributed by atoms with Crippen molar-refractivity contribution < 1.29 is 5.11 Å². The molecule has 0 bridgehead atoms. The molecule has 0 heterocycles. The number of aliphatic hydroxyl groups excluding tert-OH is 1. The summed E-state index contributed by atoms with van der Waals surface area (Å²) in [5.41, 5.74) is 5.83. The van der Waals surface area contributed by atoms with Crippen LogP contribution in [0, 0.1) is 17.3 Å². The zero-order valence-electron chi connectivity index (χ0n) is 7.67. The fourth-order valence-electron chi connectivity index (χ4n) is 1.63. The van der Waals surface area contributed by atoms with E-state index in [0.717, 1.165) is 6.42 Å². The van der Waals surface area contributed by atoms with Gasteiger partial charge in [0, 0.05) is 0 Å². The molecule has 0 aromatic rings. The first-order valence-electron chi connectivity index (χ1n) is 4.37. The van der Waals surface area contributed by atoms with Crippen LogP contribution in [0.4, 0.5) is 0 Å². The van der Waals surface area contributed by atoms with E-state index in [0.29, 0.717) is 17.9 Å². The molecule has 1 aliphatic rings. The predicted octanol–water partition coefficient (Wildman–Crippen LogP) is 0.988. The standard InChI is InChI=1S/C9H19NO/c1-6(5-10)8(11)7-4-9(7,2)3/h6-8,11H,4-5,10H2,1-3H3. The second kappa shape index (κ2) is 2.76. The first-order valence-corrected chi connectivity index (χ1v) is 4.37. The molecule has 0 spiro atoms. The van der Waals surface area contributed by atoms with E-state index in [1.165, 1.54) is 0 Å². The minimum atomic E-state index is -0.185. The van der Waals surface area contributed by atoms with Gasteiger partial charge in [-0.15, -0.1) is 0 Å². The van der Waals surface area contributed by atoms with Gasteiger partial charge in [-0.3, -0.25) is 0 Å². The summed E-state index contributed by atoms with van der Waals surface area (Å²) < 4.78 is 0. The van der Waals surface area contributed by atoms with Crippen LogP contribution in [0.1, 0.15) is 27.2 Å². The Kier molecular flexibility index (Phi) is 2.26. The Morgan fingerprint density at radius 1 is 1.64 bits per heavy atom. The van der Waals surface area contributed by atoms with Gasteiger partial charge in [-0.05, 0) is 30.2 Å². The molecular weight excluding hydrogens is 138 g/mol. The SMILES string of the molecule is CC(CN)C(O)C1CC1(C)C. The molecule has 1 fully saturated rings.